The maximum Gasteiger partial charge on any atom is 0.313 e. The normalized spacial score (nSPS) is 25.4. The molecule has 2 aromatic rings. The predicted molar refractivity (Wildman–Crippen MR) is 191 cm³/mol. The van der Waals surface area contributed by atoms with Gasteiger partial charge < -0.3 is 34.4 Å². The quantitative estimate of drug-likeness (QED) is 0.196. The van der Waals surface area contributed by atoms with E-state index in [4.69, 9.17) is 14.2 Å². The lowest BCUT2D eigenvalue weighted by atomic mass is 9.70. The van der Waals surface area contributed by atoms with Gasteiger partial charge in [-0.2, -0.15) is 0 Å². The molecule has 0 aromatic heterocycles. The highest BCUT2D eigenvalue weighted by molar-refractivity contribution is 5.98. The SMILES string of the molecule is C=CCCC(=O)N[C@@H](COC)[C@@H](OC(=O)[C@@H]1[C@H]2C(=O)N([C@H](CO)c3ccccc3)[C@H](C(=O)N(CC=C)C(C)(C)C)[C@]23CC[C@H]1O3)c1ccccc1. The van der Waals surface area contributed by atoms with Crippen LogP contribution in [0.1, 0.15) is 69.7 Å². The molecule has 3 heterocycles. The Bertz CT molecular complexity index is 1580. The van der Waals surface area contributed by atoms with Crippen LogP contribution < -0.4 is 5.32 Å². The molecule has 11 heteroatoms. The van der Waals surface area contributed by atoms with E-state index in [0.29, 0.717) is 30.4 Å². The zero-order valence-electron chi connectivity index (χ0n) is 30.0. The minimum Gasteiger partial charge on any atom is -0.455 e. The van der Waals surface area contributed by atoms with Gasteiger partial charge in [-0.05, 0) is 51.2 Å². The van der Waals surface area contributed by atoms with Gasteiger partial charge in [-0.1, -0.05) is 72.8 Å². The lowest BCUT2D eigenvalue weighted by molar-refractivity contribution is -0.164. The fraction of sp³-hybridized carbons (Fsp3) is 0.500. The van der Waals surface area contributed by atoms with Crippen LogP contribution >= 0.6 is 0 Å². The molecule has 1 spiro atoms. The van der Waals surface area contributed by atoms with Crippen molar-refractivity contribution in [2.75, 3.05) is 26.9 Å². The maximum absolute atomic E-state index is 14.9. The zero-order valence-corrected chi connectivity index (χ0v) is 30.0. The number of allylic oxidation sites excluding steroid dienone is 1. The van der Waals surface area contributed by atoms with Crippen molar-refractivity contribution >= 4 is 23.7 Å². The molecule has 11 nitrogen and oxygen atoms in total. The second-order valence-corrected chi connectivity index (χ2v) is 14.5. The number of likely N-dealkylation sites (tertiary alicyclic amines) is 1. The number of benzene rings is 2. The van der Waals surface area contributed by atoms with E-state index in [1.54, 1.807) is 41.3 Å². The van der Waals surface area contributed by atoms with Crippen LogP contribution in [0.4, 0.5) is 0 Å². The Morgan fingerprint density at radius 3 is 2.29 bits per heavy atom. The first-order chi connectivity index (χ1) is 24.4. The minimum absolute atomic E-state index is 0.0507. The standard InChI is InChI=1S/C40H51N3O8/c1-7-9-20-31(45)41-28(25-49-6)34(27-18-14-11-15-19-27)50-38(48)32-30-21-22-40(51-30)33(32)36(46)43(29(24-44)26-16-12-10-13-17-26)35(40)37(47)42(23-8-2)39(3,4)5/h7-8,10-19,28-30,32-35,44H,1-2,9,20-25H2,3-6H3,(H,41,45)/t28-,29+,30+,32-,33-,34-,35+,40-/m0/s1. The average molecular weight is 702 g/mol. The van der Waals surface area contributed by atoms with Crippen LogP contribution in [-0.4, -0.2) is 94.8 Å². The molecule has 3 aliphatic rings. The molecule has 3 aliphatic heterocycles. The van der Waals surface area contributed by atoms with Crippen molar-refractivity contribution in [1.29, 1.82) is 0 Å². The number of hydrogen-bond donors (Lipinski definition) is 2. The molecule has 2 bridgehead atoms. The number of carbonyl (C=O) groups excluding carboxylic acids is 4. The number of amides is 3. The number of aliphatic hydroxyl groups is 1. The molecule has 2 N–H and O–H groups in total. The second-order valence-electron chi connectivity index (χ2n) is 14.5. The maximum atomic E-state index is 14.9. The highest BCUT2D eigenvalue weighted by Crippen LogP contribution is 2.60. The summed E-state index contributed by atoms with van der Waals surface area (Å²) in [7, 11) is 1.50. The van der Waals surface area contributed by atoms with E-state index in [0.717, 1.165) is 0 Å². The summed E-state index contributed by atoms with van der Waals surface area (Å²) in [6.45, 7) is 13.1. The van der Waals surface area contributed by atoms with Crippen molar-refractivity contribution < 1.29 is 38.5 Å². The lowest BCUT2D eigenvalue weighted by Crippen LogP contribution is -2.60. The monoisotopic (exact) mass is 701 g/mol. The van der Waals surface area contributed by atoms with Crippen LogP contribution in [0, 0.1) is 11.8 Å². The molecule has 0 aliphatic carbocycles. The van der Waals surface area contributed by atoms with E-state index in [-0.39, 0.29) is 31.4 Å². The Morgan fingerprint density at radius 1 is 1.08 bits per heavy atom. The number of nitrogens with zero attached hydrogens (tertiary/aromatic N) is 2. The highest BCUT2D eigenvalue weighted by Gasteiger charge is 2.76. The van der Waals surface area contributed by atoms with Gasteiger partial charge in [-0.25, -0.2) is 0 Å². The van der Waals surface area contributed by atoms with E-state index >= 15 is 0 Å². The molecule has 3 fully saturated rings. The van der Waals surface area contributed by atoms with E-state index in [1.807, 2.05) is 57.2 Å². The molecule has 3 saturated heterocycles. The lowest BCUT2D eigenvalue weighted by Gasteiger charge is -2.43. The summed E-state index contributed by atoms with van der Waals surface area (Å²) < 4.78 is 18.5. The summed E-state index contributed by atoms with van der Waals surface area (Å²) in [5.74, 6) is -3.78. The van der Waals surface area contributed by atoms with Crippen LogP contribution in [0.2, 0.25) is 0 Å². The summed E-state index contributed by atoms with van der Waals surface area (Å²) in [5, 5.41) is 13.8. The number of carbonyl (C=O) groups is 4. The first kappa shape index (κ1) is 37.9. The Kier molecular flexibility index (Phi) is 11.8. The van der Waals surface area contributed by atoms with Gasteiger partial charge in [0, 0.05) is 25.6 Å². The number of fused-ring (bicyclic) bond motifs is 1. The van der Waals surface area contributed by atoms with Crippen LogP contribution in [0.25, 0.3) is 0 Å². The number of ether oxygens (including phenoxy) is 3. The largest absolute Gasteiger partial charge is 0.455 e. The van der Waals surface area contributed by atoms with E-state index in [9.17, 15) is 24.3 Å². The van der Waals surface area contributed by atoms with E-state index < -0.39 is 71.8 Å². The summed E-state index contributed by atoms with van der Waals surface area (Å²) in [4.78, 5) is 60.3. The summed E-state index contributed by atoms with van der Waals surface area (Å²) >= 11 is 0. The molecule has 0 unspecified atom stereocenters. The molecule has 51 heavy (non-hydrogen) atoms. The number of aliphatic hydroxyl groups excluding tert-OH is 1. The van der Waals surface area contributed by atoms with Crippen LogP contribution in [0.15, 0.2) is 86.0 Å². The van der Waals surface area contributed by atoms with Crippen LogP contribution in [-0.2, 0) is 33.4 Å². The third-order valence-electron chi connectivity index (χ3n) is 10.3. The van der Waals surface area contributed by atoms with E-state index in [2.05, 4.69) is 18.5 Å². The van der Waals surface area contributed by atoms with Crippen molar-refractivity contribution in [2.24, 2.45) is 11.8 Å². The van der Waals surface area contributed by atoms with Crippen molar-refractivity contribution in [3.63, 3.8) is 0 Å². The van der Waals surface area contributed by atoms with Gasteiger partial charge in [-0.15, -0.1) is 13.2 Å². The van der Waals surface area contributed by atoms with Gasteiger partial charge in [0.15, 0.2) is 0 Å². The molecule has 274 valence electrons. The first-order valence-electron chi connectivity index (χ1n) is 17.7. The third-order valence-corrected chi connectivity index (χ3v) is 10.3. The van der Waals surface area contributed by atoms with E-state index in [1.165, 1.54) is 12.0 Å². The predicted octanol–water partition coefficient (Wildman–Crippen LogP) is 4.29. The molecule has 8 atom stereocenters. The van der Waals surface area contributed by atoms with Gasteiger partial charge in [0.1, 0.15) is 17.7 Å². The van der Waals surface area contributed by atoms with Gasteiger partial charge in [0.05, 0.1) is 43.2 Å². The number of esters is 1. The Labute approximate surface area is 300 Å². The number of nitrogens with one attached hydrogen (secondary N) is 1. The Morgan fingerprint density at radius 2 is 1.73 bits per heavy atom. The topological polar surface area (TPSA) is 135 Å². The van der Waals surface area contributed by atoms with Crippen LogP contribution in [0.3, 0.4) is 0 Å². The van der Waals surface area contributed by atoms with Crippen molar-refractivity contribution in [2.45, 2.75) is 87.9 Å². The minimum atomic E-state index is -1.33. The van der Waals surface area contributed by atoms with Crippen molar-refractivity contribution in [3.05, 3.63) is 97.1 Å². The number of methoxy groups -OCH3 is 1. The second kappa shape index (κ2) is 15.9. The summed E-state index contributed by atoms with van der Waals surface area (Å²) in [6.07, 6.45) is 3.15. The number of hydrogen-bond acceptors (Lipinski definition) is 8. The fourth-order valence-corrected chi connectivity index (χ4v) is 8.10. The first-order valence-corrected chi connectivity index (χ1v) is 17.7. The molecule has 0 radical (unpaired) electrons. The van der Waals surface area contributed by atoms with Gasteiger partial charge in [0.2, 0.25) is 17.7 Å². The summed E-state index contributed by atoms with van der Waals surface area (Å²) in [5.41, 5.74) is -0.679. The molecule has 0 saturated carbocycles. The molecule has 5 rings (SSSR count). The highest BCUT2D eigenvalue weighted by atomic mass is 16.6. The molecular formula is C40H51N3O8. The molecule has 2 aromatic carbocycles. The van der Waals surface area contributed by atoms with Gasteiger partial charge in [0.25, 0.3) is 0 Å². The van der Waals surface area contributed by atoms with Gasteiger partial charge in [-0.3, -0.25) is 19.2 Å². The Balaban J connectivity index is 1.56. The molecular weight excluding hydrogens is 650 g/mol. The zero-order chi connectivity index (χ0) is 36.9. The smallest absolute Gasteiger partial charge is 0.313 e. The fourth-order valence-electron chi connectivity index (χ4n) is 8.10. The summed E-state index contributed by atoms with van der Waals surface area (Å²) in [6, 6.07) is 15.4. The third kappa shape index (κ3) is 7.38. The number of rotatable bonds is 16. The van der Waals surface area contributed by atoms with Crippen molar-refractivity contribution in [1.82, 2.24) is 15.1 Å². The van der Waals surface area contributed by atoms with Gasteiger partial charge >= 0.3 is 5.97 Å². The van der Waals surface area contributed by atoms with Crippen LogP contribution in [0.5, 0.6) is 0 Å². The van der Waals surface area contributed by atoms with Crippen molar-refractivity contribution in [3.8, 4) is 0 Å². The average Bonchev–Trinajstić information content (AvgIpc) is 3.76. The molecule has 3 amide bonds. The Hall–Kier alpha value is -4.32.